The molecule has 0 atom stereocenters. The van der Waals surface area contributed by atoms with Crippen LogP contribution in [0.5, 0.6) is 0 Å². The van der Waals surface area contributed by atoms with Gasteiger partial charge in [0.2, 0.25) is 5.91 Å². The molecule has 0 saturated heterocycles. The van der Waals surface area contributed by atoms with Crippen LogP contribution >= 0.6 is 0 Å². The minimum atomic E-state index is -0.954. The first-order valence-corrected chi connectivity index (χ1v) is 7.72. The molecular formula is C16H28BN2O3. The van der Waals surface area contributed by atoms with Gasteiger partial charge < -0.3 is 20.0 Å². The molecule has 1 heterocycles. The highest BCUT2D eigenvalue weighted by atomic mass is 16.5. The largest absolute Gasteiger partial charge is 0.427 e. The zero-order valence-electron chi connectivity index (χ0n) is 14.2. The summed E-state index contributed by atoms with van der Waals surface area (Å²) in [6, 6.07) is 0. The highest BCUT2D eigenvalue weighted by Gasteiger charge is 2.36. The van der Waals surface area contributed by atoms with Gasteiger partial charge >= 0.3 is 7.48 Å². The Morgan fingerprint density at radius 3 is 2.82 bits per heavy atom. The molecule has 0 unspecified atom stereocenters. The minimum absolute atomic E-state index is 0.120. The van der Waals surface area contributed by atoms with E-state index in [2.05, 4.69) is 18.0 Å². The van der Waals surface area contributed by atoms with Crippen LogP contribution in [0.15, 0.2) is 24.3 Å². The summed E-state index contributed by atoms with van der Waals surface area (Å²) >= 11 is 0. The van der Waals surface area contributed by atoms with Gasteiger partial charge in [-0.2, -0.15) is 0 Å². The van der Waals surface area contributed by atoms with Crippen LogP contribution in [-0.4, -0.2) is 54.2 Å². The summed E-state index contributed by atoms with van der Waals surface area (Å²) in [5.74, 6) is 0.120. The smallest absolute Gasteiger partial charge is 0.328 e. The number of aliphatic hydroxyl groups is 1. The third kappa shape index (κ3) is 5.50. The minimum Gasteiger partial charge on any atom is -0.427 e. The third-order valence-corrected chi connectivity index (χ3v) is 4.14. The normalized spacial score (nSPS) is 16.0. The van der Waals surface area contributed by atoms with Crippen molar-refractivity contribution >= 4 is 13.4 Å². The summed E-state index contributed by atoms with van der Waals surface area (Å²) < 4.78 is 5.75. The van der Waals surface area contributed by atoms with Crippen LogP contribution in [0.25, 0.3) is 0 Å². The van der Waals surface area contributed by atoms with Crippen molar-refractivity contribution in [2.45, 2.75) is 51.7 Å². The van der Waals surface area contributed by atoms with Gasteiger partial charge in [-0.25, -0.2) is 0 Å². The van der Waals surface area contributed by atoms with Crippen LogP contribution in [0.3, 0.4) is 0 Å². The molecule has 1 rings (SSSR count). The van der Waals surface area contributed by atoms with Gasteiger partial charge in [0.25, 0.3) is 0 Å². The molecule has 0 fully saturated rings. The summed E-state index contributed by atoms with van der Waals surface area (Å²) in [7, 11) is 1.67. The predicted molar refractivity (Wildman–Crippen MR) is 89.3 cm³/mol. The Morgan fingerprint density at radius 1 is 1.55 bits per heavy atom. The number of hydrogen-bond acceptors (Lipinski definition) is 4. The molecule has 6 heteroatoms. The van der Waals surface area contributed by atoms with Crippen molar-refractivity contribution in [3.05, 3.63) is 24.3 Å². The molecule has 0 aromatic carbocycles. The van der Waals surface area contributed by atoms with E-state index in [4.69, 9.17) is 4.65 Å². The highest BCUT2D eigenvalue weighted by Crippen LogP contribution is 2.25. The second-order valence-electron chi connectivity index (χ2n) is 6.60. The van der Waals surface area contributed by atoms with Crippen molar-refractivity contribution in [2.24, 2.45) is 0 Å². The fourth-order valence-electron chi connectivity index (χ4n) is 1.87. The van der Waals surface area contributed by atoms with E-state index in [0.717, 1.165) is 18.4 Å². The van der Waals surface area contributed by atoms with E-state index >= 15 is 0 Å². The van der Waals surface area contributed by atoms with Gasteiger partial charge in [0, 0.05) is 26.1 Å². The molecule has 0 bridgehead atoms. The second-order valence-corrected chi connectivity index (χ2v) is 6.60. The molecule has 1 radical (unpaired) electrons. The number of carbonyl (C=O) groups is 1. The van der Waals surface area contributed by atoms with Crippen LogP contribution in [0, 0.1) is 0 Å². The molecule has 123 valence electrons. The maximum Gasteiger partial charge on any atom is 0.328 e. The summed E-state index contributed by atoms with van der Waals surface area (Å²) in [5.41, 5.74) is -0.688. The Kier molecular flexibility index (Phi) is 6.69. The lowest BCUT2D eigenvalue weighted by Gasteiger charge is -2.38. The molecule has 22 heavy (non-hydrogen) atoms. The van der Waals surface area contributed by atoms with Gasteiger partial charge in [-0.05, 0) is 40.3 Å². The molecule has 1 aliphatic heterocycles. The summed E-state index contributed by atoms with van der Waals surface area (Å²) in [4.78, 5) is 13.9. The van der Waals surface area contributed by atoms with Crippen LogP contribution in [0.2, 0.25) is 0 Å². The van der Waals surface area contributed by atoms with Gasteiger partial charge in [0.15, 0.2) is 0 Å². The van der Waals surface area contributed by atoms with Crippen molar-refractivity contribution in [3.63, 3.8) is 0 Å². The molecule has 0 aromatic heterocycles. The van der Waals surface area contributed by atoms with Crippen molar-refractivity contribution in [1.29, 1.82) is 0 Å². The fraction of sp³-hybridized carbons (Fsp3) is 0.688. The predicted octanol–water partition coefficient (Wildman–Crippen LogP) is 1.41. The number of carbonyl (C=O) groups excluding carboxylic acids is 1. The topological polar surface area (TPSA) is 61.8 Å². The Hall–Kier alpha value is -1.27. The van der Waals surface area contributed by atoms with Crippen LogP contribution < -0.4 is 5.32 Å². The molecule has 1 aliphatic rings. The Morgan fingerprint density at radius 2 is 2.23 bits per heavy atom. The lowest BCUT2D eigenvalue weighted by atomic mass is 9.80. The lowest BCUT2D eigenvalue weighted by Crippen LogP contribution is -2.48. The number of nitrogens with one attached hydrogen (secondary N) is 1. The van der Waals surface area contributed by atoms with E-state index in [-0.39, 0.29) is 5.91 Å². The third-order valence-electron chi connectivity index (χ3n) is 4.14. The zero-order chi connectivity index (χ0) is 16.8. The highest BCUT2D eigenvalue weighted by molar-refractivity contribution is 6.38. The summed E-state index contributed by atoms with van der Waals surface area (Å²) in [6.45, 7) is 12.6. The van der Waals surface area contributed by atoms with Crippen LogP contribution in [-0.2, 0) is 9.45 Å². The van der Waals surface area contributed by atoms with E-state index in [1.807, 2.05) is 18.7 Å². The maximum absolute atomic E-state index is 12.1. The first-order valence-electron chi connectivity index (χ1n) is 7.72. The molecule has 0 aromatic rings. The number of nitrogens with zero attached hydrogens (tertiary/aromatic N) is 1. The molecule has 2 N–H and O–H groups in total. The maximum atomic E-state index is 12.1. The van der Waals surface area contributed by atoms with E-state index in [9.17, 15) is 9.90 Å². The molecule has 1 amide bonds. The number of hydrogen-bond donors (Lipinski definition) is 2. The van der Waals surface area contributed by atoms with Gasteiger partial charge in [0.05, 0.1) is 11.2 Å². The molecule has 0 saturated carbocycles. The average Bonchev–Trinajstić information content (AvgIpc) is 2.44. The molecule has 0 spiro atoms. The van der Waals surface area contributed by atoms with E-state index in [1.54, 1.807) is 27.5 Å². The molecular weight excluding hydrogens is 279 g/mol. The monoisotopic (exact) mass is 307 g/mol. The van der Waals surface area contributed by atoms with Crippen molar-refractivity contribution in [1.82, 2.24) is 10.2 Å². The standard InChI is InChI=1S/C16H28BN2O3/c1-6-18-10-9-14(20)19-11-7-8-13(12-19)17-22-16(4,5)15(2,3)21/h6,8,18,21H,1,7,9-12H2,2-5H3. The Balaban J connectivity index is 2.48. The first kappa shape index (κ1) is 18.8. The SMILES string of the molecule is C=CNCCC(=O)N1CCC=C([B]OC(C)(C)C(C)(C)O)C1. The second kappa shape index (κ2) is 7.83. The van der Waals surface area contributed by atoms with E-state index in [1.165, 1.54) is 0 Å². The van der Waals surface area contributed by atoms with Gasteiger partial charge in [-0.1, -0.05) is 18.1 Å². The van der Waals surface area contributed by atoms with Gasteiger partial charge in [-0.3, -0.25) is 4.79 Å². The summed E-state index contributed by atoms with van der Waals surface area (Å²) in [6.07, 6.45) is 4.94. The number of rotatable bonds is 8. The van der Waals surface area contributed by atoms with Crippen LogP contribution in [0.1, 0.15) is 40.5 Å². The lowest BCUT2D eigenvalue weighted by molar-refractivity contribution is -0.130. The van der Waals surface area contributed by atoms with Crippen molar-refractivity contribution in [3.8, 4) is 0 Å². The fourth-order valence-corrected chi connectivity index (χ4v) is 1.87. The Bertz CT molecular complexity index is 428. The van der Waals surface area contributed by atoms with E-state index < -0.39 is 11.2 Å². The van der Waals surface area contributed by atoms with Gasteiger partial charge in [-0.15, -0.1) is 0 Å². The zero-order valence-corrected chi connectivity index (χ0v) is 14.2. The van der Waals surface area contributed by atoms with Crippen LogP contribution in [0.4, 0.5) is 0 Å². The Labute approximate surface area is 134 Å². The van der Waals surface area contributed by atoms with Crippen molar-refractivity contribution < 1.29 is 14.6 Å². The molecule has 5 nitrogen and oxygen atoms in total. The van der Waals surface area contributed by atoms with Crippen molar-refractivity contribution in [2.75, 3.05) is 19.6 Å². The number of amides is 1. The molecule has 0 aliphatic carbocycles. The van der Waals surface area contributed by atoms with E-state index in [0.29, 0.717) is 19.5 Å². The summed E-state index contributed by atoms with van der Waals surface area (Å²) in [5, 5.41) is 13.0. The first-order chi connectivity index (χ1) is 10.2. The quantitative estimate of drug-likeness (QED) is 0.526. The van der Waals surface area contributed by atoms with Gasteiger partial charge in [0.1, 0.15) is 0 Å². The average molecular weight is 307 g/mol.